The summed E-state index contributed by atoms with van der Waals surface area (Å²) in [6.07, 6.45) is 8.28. The van der Waals surface area contributed by atoms with Crippen LogP contribution in [0.25, 0.3) is 10.9 Å². The Hall–Kier alpha value is -2.21. The highest BCUT2D eigenvalue weighted by molar-refractivity contribution is 5.89. The maximum Gasteiger partial charge on any atom is 0.359 e. The molecular formula is C20H30N6+2. The molecule has 2 aromatic rings. The highest BCUT2D eigenvalue weighted by atomic mass is 15.4. The van der Waals surface area contributed by atoms with Crippen molar-refractivity contribution in [3.05, 3.63) is 29.5 Å². The lowest BCUT2D eigenvalue weighted by atomic mass is 10.1. The molecule has 2 heterocycles. The summed E-state index contributed by atoms with van der Waals surface area (Å²) < 4.78 is 0. The zero-order valence-corrected chi connectivity index (χ0v) is 15.9. The molecule has 6 nitrogen and oxygen atoms in total. The van der Waals surface area contributed by atoms with Crippen LogP contribution in [0, 0.1) is 13.8 Å². The second kappa shape index (κ2) is 7.58. The van der Waals surface area contributed by atoms with Crippen LogP contribution >= 0.6 is 0 Å². The van der Waals surface area contributed by atoms with Gasteiger partial charge in [-0.2, -0.15) is 4.98 Å². The number of guanidine groups is 1. The van der Waals surface area contributed by atoms with Gasteiger partial charge in [-0.15, -0.1) is 0 Å². The van der Waals surface area contributed by atoms with Crippen LogP contribution in [-0.4, -0.2) is 35.3 Å². The Kier molecular flexibility index (Phi) is 5.02. The number of nitrogens with one attached hydrogen (secondary N) is 4. The summed E-state index contributed by atoms with van der Waals surface area (Å²) >= 11 is 0. The Balaban J connectivity index is 1.45. The van der Waals surface area contributed by atoms with Gasteiger partial charge in [0.05, 0.1) is 17.3 Å². The summed E-state index contributed by atoms with van der Waals surface area (Å²) in [6, 6.07) is 7.10. The molecule has 1 aliphatic carbocycles. The van der Waals surface area contributed by atoms with Crippen molar-refractivity contribution in [2.45, 2.75) is 58.4 Å². The third-order valence-corrected chi connectivity index (χ3v) is 5.70. The van der Waals surface area contributed by atoms with Gasteiger partial charge in [0, 0.05) is 5.39 Å². The van der Waals surface area contributed by atoms with Crippen molar-refractivity contribution in [3.8, 4) is 0 Å². The standard InChI is InChI=1S/C20H28N6/c1-14-9-10-17-15(2)23-20(24-18(17)11-14)25-19-21-12-26(13-22-19)16-7-5-3-4-6-8-16/h9-11,16H,3-8,12-13H2,1-2H3,(H2,21,22,23,24,25)/p+2. The molecular weight excluding hydrogens is 324 g/mol. The minimum absolute atomic E-state index is 0.647. The fraction of sp³-hybridized carbons (Fsp3) is 0.550. The topological polar surface area (TPSA) is 68.2 Å². The van der Waals surface area contributed by atoms with Gasteiger partial charge in [0.1, 0.15) is 0 Å². The molecule has 4 rings (SSSR count). The average molecular weight is 355 g/mol. The largest absolute Gasteiger partial charge is 0.359 e. The molecule has 138 valence electrons. The highest BCUT2D eigenvalue weighted by Crippen LogP contribution is 2.18. The van der Waals surface area contributed by atoms with E-state index in [1.165, 1.54) is 44.1 Å². The first-order valence-corrected chi connectivity index (χ1v) is 9.90. The molecule has 2 aliphatic rings. The van der Waals surface area contributed by atoms with Crippen LogP contribution in [0.3, 0.4) is 0 Å². The van der Waals surface area contributed by atoms with Gasteiger partial charge in [-0.25, -0.2) is 20.6 Å². The van der Waals surface area contributed by atoms with Gasteiger partial charge in [0.15, 0.2) is 13.3 Å². The van der Waals surface area contributed by atoms with E-state index >= 15 is 0 Å². The lowest BCUT2D eigenvalue weighted by Gasteiger charge is -2.27. The zero-order chi connectivity index (χ0) is 17.9. The number of rotatable bonds is 2. The van der Waals surface area contributed by atoms with E-state index in [2.05, 4.69) is 50.7 Å². The molecule has 0 amide bonds. The smallest absolute Gasteiger partial charge is 0.274 e. The fourth-order valence-corrected chi connectivity index (χ4v) is 4.16. The van der Waals surface area contributed by atoms with Crippen molar-refractivity contribution in [1.29, 1.82) is 0 Å². The number of fused-ring (bicyclic) bond motifs is 1. The summed E-state index contributed by atoms with van der Waals surface area (Å²) in [4.78, 5) is 14.4. The van der Waals surface area contributed by atoms with Crippen molar-refractivity contribution >= 4 is 22.8 Å². The van der Waals surface area contributed by atoms with Crippen LogP contribution in [0.1, 0.15) is 49.8 Å². The number of hydrogen-bond acceptors (Lipinski definition) is 4. The third kappa shape index (κ3) is 3.80. The number of quaternary nitrogens is 1. The number of aromatic nitrogens is 2. The lowest BCUT2D eigenvalue weighted by Crippen LogP contribution is -3.26. The highest BCUT2D eigenvalue weighted by Gasteiger charge is 2.28. The average Bonchev–Trinajstić information content (AvgIpc) is 2.91. The lowest BCUT2D eigenvalue weighted by molar-refractivity contribution is -1.00. The minimum Gasteiger partial charge on any atom is -0.274 e. The van der Waals surface area contributed by atoms with Gasteiger partial charge in [-0.3, -0.25) is 4.90 Å². The van der Waals surface area contributed by atoms with Crippen LogP contribution < -0.4 is 20.5 Å². The van der Waals surface area contributed by atoms with Crippen LogP contribution in [-0.2, 0) is 0 Å². The predicted octanol–water partition coefficient (Wildman–Crippen LogP) is 0.221. The molecule has 1 atom stereocenters. The summed E-state index contributed by atoms with van der Waals surface area (Å²) in [5.41, 5.74) is 3.20. The van der Waals surface area contributed by atoms with Gasteiger partial charge < -0.3 is 0 Å². The third-order valence-electron chi connectivity index (χ3n) is 5.70. The normalized spacial score (nSPS) is 21.8. The molecule has 1 aliphatic heterocycles. The molecule has 1 unspecified atom stereocenters. The number of nitrogens with zero attached hydrogens (tertiary/aromatic N) is 2. The summed E-state index contributed by atoms with van der Waals surface area (Å²) in [7, 11) is 0. The quantitative estimate of drug-likeness (QED) is 0.583. The number of aryl methyl sites for hydroxylation is 2. The van der Waals surface area contributed by atoms with Gasteiger partial charge in [-0.1, -0.05) is 25.0 Å². The molecule has 6 heteroatoms. The number of benzene rings is 1. The summed E-state index contributed by atoms with van der Waals surface area (Å²) in [6.45, 7) is 6.03. The fourth-order valence-electron chi connectivity index (χ4n) is 4.16. The minimum atomic E-state index is 0.647. The van der Waals surface area contributed by atoms with E-state index in [1.54, 1.807) is 4.90 Å². The first-order valence-electron chi connectivity index (χ1n) is 9.90. The van der Waals surface area contributed by atoms with Gasteiger partial charge in [0.2, 0.25) is 0 Å². The predicted molar refractivity (Wildman–Crippen MR) is 104 cm³/mol. The second-order valence-electron chi connectivity index (χ2n) is 7.71. The summed E-state index contributed by atoms with van der Waals surface area (Å²) in [5.74, 6) is 1.56. The van der Waals surface area contributed by atoms with Crippen LogP contribution in [0.5, 0.6) is 0 Å². The van der Waals surface area contributed by atoms with Gasteiger partial charge in [-0.05, 0) is 51.2 Å². The molecule has 1 fully saturated rings. The molecule has 1 aromatic carbocycles. The molecule has 26 heavy (non-hydrogen) atoms. The Bertz CT molecular complexity index is 807. The van der Waals surface area contributed by atoms with Crippen LogP contribution in [0.15, 0.2) is 18.2 Å². The molecule has 1 aromatic heterocycles. The molecule has 1 saturated carbocycles. The maximum absolute atomic E-state index is 4.68. The van der Waals surface area contributed by atoms with Crippen molar-refractivity contribution in [2.75, 3.05) is 18.7 Å². The van der Waals surface area contributed by atoms with Gasteiger partial charge in [0.25, 0.3) is 5.95 Å². The van der Waals surface area contributed by atoms with Crippen LogP contribution in [0.4, 0.5) is 5.95 Å². The Morgan fingerprint density at radius 1 is 1.12 bits per heavy atom. The molecule has 0 bridgehead atoms. The Morgan fingerprint density at radius 2 is 1.92 bits per heavy atom. The monoisotopic (exact) mass is 354 g/mol. The number of hydrogen-bond donors (Lipinski definition) is 4. The second-order valence-corrected chi connectivity index (χ2v) is 7.71. The Labute approximate surface area is 155 Å². The van der Waals surface area contributed by atoms with E-state index in [-0.39, 0.29) is 0 Å². The number of anilines is 1. The van der Waals surface area contributed by atoms with E-state index in [4.69, 9.17) is 0 Å². The summed E-state index contributed by atoms with van der Waals surface area (Å²) in [5, 5.41) is 7.93. The van der Waals surface area contributed by atoms with E-state index in [9.17, 15) is 0 Å². The molecule has 0 radical (unpaired) electrons. The first-order chi connectivity index (χ1) is 12.7. The van der Waals surface area contributed by atoms with Crippen molar-refractivity contribution in [3.63, 3.8) is 0 Å². The van der Waals surface area contributed by atoms with E-state index in [0.29, 0.717) is 5.95 Å². The zero-order valence-electron chi connectivity index (χ0n) is 15.9. The molecule has 4 N–H and O–H groups in total. The van der Waals surface area contributed by atoms with E-state index in [0.717, 1.165) is 41.9 Å². The first kappa shape index (κ1) is 17.2. The Morgan fingerprint density at radius 3 is 2.65 bits per heavy atom. The van der Waals surface area contributed by atoms with E-state index in [1.807, 2.05) is 6.92 Å². The maximum atomic E-state index is 4.68. The van der Waals surface area contributed by atoms with Crippen molar-refractivity contribution in [2.24, 2.45) is 0 Å². The SMILES string of the molecule is Cc1ccc2c(C)nc(NC3=[NH+]C[NH+](C4CCCCCC4)CN3)nc2c1. The van der Waals surface area contributed by atoms with Crippen LogP contribution in [0.2, 0.25) is 0 Å². The molecule has 0 spiro atoms. The molecule has 0 saturated heterocycles. The van der Waals surface area contributed by atoms with Crippen molar-refractivity contribution < 1.29 is 9.89 Å². The van der Waals surface area contributed by atoms with Gasteiger partial charge >= 0.3 is 5.96 Å². The van der Waals surface area contributed by atoms with Crippen molar-refractivity contribution in [1.82, 2.24) is 15.3 Å². The van der Waals surface area contributed by atoms with E-state index < -0.39 is 0 Å².